The third kappa shape index (κ3) is 4.99. The molecule has 0 aliphatic heterocycles. The molecule has 0 amide bonds. The monoisotopic (exact) mass is 219 g/mol. The number of methoxy groups -OCH3 is 1. The predicted molar refractivity (Wildman–Crippen MR) is 69.0 cm³/mol. The highest BCUT2D eigenvalue weighted by molar-refractivity contribution is 5.28. The third-order valence-corrected chi connectivity index (χ3v) is 2.38. The van der Waals surface area contributed by atoms with E-state index in [1.165, 1.54) is 11.1 Å². The molecule has 0 saturated heterocycles. The molecule has 2 heteroatoms. The van der Waals surface area contributed by atoms with Crippen LogP contribution in [0.5, 0.6) is 5.75 Å². The first kappa shape index (κ1) is 12.8. The minimum absolute atomic E-state index is 0.932. The minimum atomic E-state index is 0.932. The summed E-state index contributed by atoms with van der Waals surface area (Å²) in [6.45, 7) is 6.18. The van der Waals surface area contributed by atoms with Gasteiger partial charge in [-0.05, 0) is 44.5 Å². The highest BCUT2D eigenvalue weighted by Gasteiger charge is 1.95. The zero-order valence-corrected chi connectivity index (χ0v) is 10.4. The fraction of sp³-hybridized carbons (Fsp3) is 0.429. The summed E-state index contributed by atoms with van der Waals surface area (Å²) in [5, 5.41) is 3.39. The van der Waals surface area contributed by atoms with Crippen molar-refractivity contribution < 1.29 is 4.74 Å². The Balaban J connectivity index is 2.29. The van der Waals surface area contributed by atoms with Gasteiger partial charge < -0.3 is 10.1 Å². The zero-order valence-electron chi connectivity index (χ0n) is 10.4. The van der Waals surface area contributed by atoms with Gasteiger partial charge in [-0.3, -0.25) is 0 Å². The highest BCUT2D eigenvalue weighted by Crippen LogP contribution is 2.12. The second-order valence-corrected chi connectivity index (χ2v) is 4.09. The summed E-state index contributed by atoms with van der Waals surface area (Å²) < 4.78 is 5.18. The van der Waals surface area contributed by atoms with E-state index in [0.717, 1.165) is 25.3 Å². The van der Waals surface area contributed by atoms with E-state index in [0.29, 0.717) is 0 Å². The Kier molecular flexibility index (Phi) is 5.65. The van der Waals surface area contributed by atoms with E-state index in [2.05, 4.69) is 37.4 Å². The Morgan fingerprint density at radius 1 is 1.38 bits per heavy atom. The van der Waals surface area contributed by atoms with Gasteiger partial charge in [0.15, 0.2) is 0 Å². The summed E-state index contributed by atoms with van der Waals surface area (Å²) in [7, 11) is 1.70. The van der Waals surface area contributed by atoms with Crippen molar-refractivity contribution in [2.45, 2.75) is 20.3 Å². The van der Waals surface area contributed by atoms with Crippen molar-refractivity contribution >= 4 is 0 Å². The molecule has 0 spiro atoms. The van der Waals surface area contributed by atoms with Crippen LogP contribution in [-0.2, 0) is 6.42 Å². The van der Waals surface area contributed by atoms with Gasteiger partial charge in [0.25, 0.3) is 0 Å². The van der Waals surface area contributed by atoms with Crippen LogP contribution in [0.1, 0.15) is 19.4 Å². The first-order valence-corrected chi connectivity index (χ1v) is 5.69. The van der Waals surface area contributed by atoms with Crippen LogP contribution in [0, 0.1) is 0 Å². The number of benzene rings is 1. The average Bonchev–Trinajstić information content (AvgIpc) is 2.28. The van der Waals surface area contributed by atoms with E-state index in [-0.39, 0.29) is 0 Å². The van der Waals surface area contributed by atoms with Crippen LogP contribution < -0.4 is 10.1 Å². The molecule has 16 heavy (non-hydrogen) atoms. The molecule has 88 valence electrons. The van der Waals surface area contributed by atoms with Crippen molar-refractivity contribution in [1.82, 2.24) is 5.32 Å². The lowest BCUT2D eigenvalue weighted by atomic mass is 10.1. The van der Waals surface area contributed by atoms with Gasteiger partial charge in [0, 0.05) is 6.54 Å². The van der Waals surface area contributed by atoms with Crippen LogP contribution in [0.2, 0.25) is 0 Å². The Morgan fingerprint density at radius 3 is 2.88 bits per heavy atom. The molecule has 1 aromatic carbocycles. The molecule has 0 heterocycles. The SMILES string of the molecule is COc1cccc(CCNCC=C(C)C)c1. The van der Waals surface area contributed by atoms with Gasteiger partial charge in [0.1, 0.15) is 5.75 Å². The molecule has 0 aromatic heterocycles. The van der Waals surface area contributed by atoms with Crippen LogP contribution >= 0.6 is 0 Å². The summed E-state index contributed by atoms with van der Waals surface area (Å²) >= 11 is 0. The maximum absolute atomic E-state index is 5.18. The molecule has 0 bridgehead atoms. The summed E-state index contributed by atoms with van der Waals surface area (Å²) in [5.74, 6) is 0.932. The Hall–Kier alpha value is -1.28. The molecule has 0 unspecified atom stereocenters. The zero-order chi connectivity index (χ0) is 11.8. The first-order chi connectivity index (χ1) is 7.72. The molecule has 0 aliphatic carbocycles. The molecule has 0 aliphatic rings. The van der Waals surface area contributed by atoms with Crippen molar-refractivity contribution in [2.75, 3.05) is 20.2 Å². The lowest BCUT2D eigenvalue weighted by Crippen LogP contribution is -2.17. The average molecular weight is 219 g/mol. The molecule has 1 aromatic rings. The number of ether oxygens (including phenoxy) is 1. The fourth-order valence-corrected chi connectivity index (χ4v) is 1.44. The van der Waals surface area contributed by atoms with Gasteiger partial charge in [-0.15, -0.1) is 0 Å². The van der Waals surface area contributed by atoms with Crippen molar-refractivity contribution in [1.29, 1.82) is 0 Å². The Morgan fingerprint density at radius 2 is 2.19 bits per heavy atom. The lowest BCUT2D eigenvalue weighted by Gasteiger charge is -2.05. The van der Waals surface area contributed by atoms with Crippen molar-refractivity contribution in [2.24, 2.45) is 0 Å². The summed E-state index contributed by atoms with van der Waals surface area (Å²) in [6.07, 6.45) is 3.24. The Bertz CT molecular complexity index is 340. The predicted octanol–water partition coefficient (Wildman–Crippen LogP) is 2.79. The lowest BCUT2D eigenvalue weighted by molar-refractivity contribution is 0.414. The molecule has 0 saturated carbocycles. The standard InChI is InChI=1S/C14H21NO/c1-12(2)7-9-15-10-8-13-5-4-6-14(11-13)16-3/h4-7,11,15H,8-10H2,1-3H3. The summed E-state index contributed by atoms with van der Waals surface area (Å²) in [5.41, 5.74) is 2.66. The van der Waals surface area contributed by atoms with Gasteiger partial charge in [0.05, 0.1) is 7.11 Å². The Labute approximate surface area is 98.3 Å². The molecular weight excluding hydrogens is 198 g/mol. The van der Waals surface area contributed by atoms with E-state index < -0.39 is 0 Å². The van der Waals surface area contributed by atoms with E-state index in [1.54, 1.807) is 7.11 Å². The van der Waals surface area contributed by atoms with Gasteiger partial charge in [-0.2, -0.15) is 0 Å². The third-order valence-electron chi connectivity index (χ3n) is 2.38. The number of nitrogens with one attached hydrogen (secondary N) is 1. The summed E-state index contributed by atoms with van der Waals surface area (Å²) in [4.78, 5) is 0. The molecule has 0 fully saturated rings. The number of allylic oxidation sites excluding steroid dienone is 1. The van der Waals surface area contributed by atoms with Gasteiger partial charge in [-0.1, -0.05) is 23.8 Å². The molecule has 0 radical (unpaired) electrons. The maximum Gasteiger partial charge on any atom is 0.119 e. The second kappa shape index (κ2) is 7.07. The van der Waals surface area contributed by atoms with Crippen LogP contribution in [0.4, 0.5) is 0 Å². The van der Waals surface area contributed by atoms with E-state index in [4.69, 9.17) is 4.74 Å². The number of hydrogen-bond acceptors (Lipinski definition) is 2. The van der Waals surface area contributed by atoms with Crippen LogP contribution in [0.3, 0.4) is 0 Å². The molecule has 1 N–H and O–H groups in total. The molecule has 0 atom stereocenters. The molecule has 1 rings (SSSR count). The van der Waals surface area contributed by atoms with Gasteiger partial charge in [-0.25, -0.2) is 0 Å². The molecule has 2 nitrogen and oxygen atoms in total. The number of rotatable bonds is 6. The van der Waals surface area contributed by atoms with Gasteiger partial charge in [0.2, 0.25) is 0 Å². The van der Waals surface area contributed by atoms with Crippen LogP contribution in [0.15, 0.2) is 35.9 Å². The second-order valence-electron chi connectivity index (χ2n) is 4.09. The normalized spacial score (nSPS) is 9.94. The smallest absolute Gasteiger partial charge is 0.119 e. The van der Waals surface area contributed by atoms with Crippen molar-refractivity contribution in [3.05, 3.63) is 41.5 Å². The van der Waals surface area contributed by atoms with E-state index in [1.807, 2.05) is 12.1 Å². The quantitative estimate of drug-likeness (QED) is 0.587. The van der Waals surface area contributed by atoms with Gasteiger partial charge >= 0.3 is 0 Å². The largest absolute Gasteiger partial charge is 0.497 e. The van der Waals surface area contributed by atoms with Crippen LogP contribution in [-0.4, -0.2) is 20.2 Å². The van der Waals surface area contributed by atoms with Crippen LogP contribution in [0.25, 0.3) is 0 Å². The maximum atomic E-state index is 5.18. The van der Waals surface area contributed by atoms with Crippen molar-refractivity contribution in [3.8, 4) is 5.75 Å². The molecular formula is C14H21NO. The first-order valence-electron chi connectivity index (χ1n) is 5.69. The van der Waals surface area contributed by atoms with Crippen molar-refractivity contribution in [3.63, 3.8) is 0 Å². The summed E-state index contributed by atoms with van der Waals surface area (Å²) in [6, 6.07) is 8.22. The van der Waals surface area contributed by atoms with E-state index in [9.17, 15) is 0 Å². The fourth-order valence-electron chi connectivity index (χ4n) is 1.44. The van der Waals surface area contributed by atoms with E-state index >= 15 is 0 Å². The minimum Gasteiger partial charge on any atom is -0.497 e. The topological polar surface area (TPSA) is 21.3 Å². The highest BCUT2D eigenvalue weighted by atomic mass is 16.5. The number of hydrogen-bond donors (Lipinski definition) is 1.